The van der Waals surface area contributed by atoms with Crippen molar-refractivity contribution in [3.8, 4) is 17.2 Å². The van der Waals surface area contributed by atoms with Crippen LogP contribution in [0.3, 0.4) is 0 Å². The predicted molar refractivity (Wildman–Crippen MR) is 199 cm³/mol. The Kier molecular flexibility index (Phi) is 10.0. The largest absolute Gasteiger partial charge is 0.497 e. The number of hydrogen-bond donors (Lipinski definition) is 0. The number of carbonyl (C=O) groups excluding carboxylic acids is 2. The highest BCUT2D eigenvalue weighted by Crippen LogP contribution is 2.58. The predicted octanol–water partition coefficient (Wildman–Crippen LogP) is 9.31. The Labute approximate surface area is 296 Å². The Hall–Kier alpha value is -3.24. The summed E-state index contributed by atoms with van der Waals surface area (Å²) in [5.41, 5.74) is 7.20. The summed E-state index contributed by atoms with van der Waals surface area (Å²) in [7, 11) is -0.0480. The Morgan fingerprint density at radius 2 is 1.61 bits per heavy atom. The SMILES string of the molecule is CCCC[C@H]1Cc2cc(OC)ccc2[C@H](c2ccc(CN(C(=O)OC(C)(C)C)C34CC5CC(CC(C5)C3)C4)cc2)N1C(=O)C#C[Si](C)(C)C. The van der Waals surface area contributed by atoms with E-state index in [1.807, 2.05) is 26.8 Å². The van der Waals surface area contributed by atoms with Crippen LogP contribution in [0.5, 0.6) is 5.75 Å². The minimum Gasteiger partial charge on any atom is -0.497 e. The fourth-order valence-electron chi connectivity index (χ4n) is 9.60. The Bertz CT molecular complexity index is 1560. The van der Waals surface area contributed by atoms with Crippen molar-refractivity contribution in [2.75, 3.05) is 7.11 Å². The molecule has 4 saturated carbocycles. The van der Waals surface area contributed by atoms with E-state index in [9.17, 15) is 9.59 Å². The molecule has 0 saturated heterocycles. The maximum atomic E-state index is 14.1. The van der Waals surface area contributed by atoms with Gasteiger partial charge in [-0.3, -0.25) is 9.69 Å². The molecule has 1 aliphatic heterocycles. The minimum absolute atomic E-state index is 0.0476. The van der Waals surface area contributed by atoms with Crippen LogP contribution < -0.4 is 4.74 Å². The second-order valence-corrected chi connectivity index (χ2v) is 22.4. The zero-order valence-corrected chi connectivity index (χ0v) is 32.2. The first kappa shape index (κ1) is 35.6. The highest BCUT2D eigenvalue weighted by Gasteiger charge is 2.55. The molecule has 4 fully saturated rings. The van der Waals surface area contributed by atoms with Gasteiger partial charge < -0.3 is 14.4 Å². The van der Waals surface area contributed by atoms with E-state index in [1.54, 1.807) is 7.11 Å². The molecule has 0 N–H and O–H groups in total. The van der Waals surface area contributed by atoms with Crippen molar-refractivity contribution in [3.05, 3.63) is 64.7 Å². The Balaban J connectivity index is 1.36. The van der Waals surface area contributed by atoms with Crippen molar-refractivity contribution in [1.82, 2.24) is 9.80 Å². The number of nitrogens with zero attached hydrogens (tertiary/aromatic N) is 2. The van der Waals surface area contributed by atoms with Gasteiger partial charge in [-0.15, -0.1) is 5.54 Å². The second-order valence-electron chi connectivity index (χ2n) is 17.6. The van der Waals surface area contributed by atoms with E-state index in [-0.39, 0.29) is 29.6 Å². The molecule has 0 aromatic heterocycles. The molecule has 2 atom stereocenters. The Morgan fingerprint density at radius 1 is 0.980 bits per heavy atom. The maximum Gasteiger partial charge on any atom is 0.411 e. The van der Waals surface area contributed by atoms with Gasteiger partial charge >= 0.3 is 6.09 Å². The number of fused-ring (bicyclic) bond motifs is 1. The summed E-state index contributed by atoms with van der Waals surface area (Å²) >= 11 is 0. The van der Waals surface area contributed by atoms with Crippen LogP contribution in [0.4, 0.5) is 4.79 Å². The molecule has 2 amide bonds. The van der Waals surface area contributed by atoms with E-state index in [0.717, 1.165) is 85.1 Å². The van der Waals surface area contributed by atoms with Gasteiger partial charge in [-0.05, 0) is 130 Å². The number of carbonyl (C=O) groups is 2. The van der Waals surface area contributed by atoms with E-state index in [2.05, 4.69) is 84.2 Å². The van der Waals surface area contributed by atoms with Crippen molar-refractivity contribution in [2.45, 2.75) is 141 Å². The number of methoxy groups -OCH3 is 1. The number of hydrogen-bond acceptors (Lipinski definition) is 4. The summed E-state index contributed by atoms with van der Waals surface area (Å²) in [6, 6.07) is 14.8. The molecule has 4 bridgehead atoms. The third-order valence-electron chi connectivity index (χ3n) is 11.3. The standard InChI is InChI=1S/C42H58N2O4Si/c1-9-10-11-35-23-34-24-36(47-5)16-17-37(34)39(44(35)38(45)18-19-49(6,7)8)33-14-12-29(13-15-33)28-43(40(46)48-41(2,3)4)42-25-30-20-31(26-42)22-32(21-30)27-42/h12-17,24,30-32,35,39H,9-11,20-23,25-28H2,1-8H3/t30?,31?,32?,35-,39-,42?/m0/s1. The first-order valence-corrected chi connectivity index (χ1v) is 22.3. The molecule has 0 radical (unpaired) electrons. The van der Waals surface area contributed by atoms with Crippen molar-refractivity contribution >= 4 is 20.1 Å². The number of rotatable bonds is 8. The van der Waals surface area contributed by atoms with Crippen LogP contribution >= 0.6 is 0 Å². The first-order valence-electron chi connectivity index (χ1n) is 18.8. The lowest BCUT2D eigenvalue weighted by Gasteiger charge is -2.60. The van der Waals surface area contributed by atoms with Gasteiger partial charge in [0.25, 0.3) is 5.91 Å². The molecule has 49 heavy (non-hydrogen) atoms. The third-order valence-corrected chi connectivity index (χ3v) is 12.1. The molecule has 6 nitrogen and oxygen atoms in total. The highest BCUT2D eigenvalue weighted by atomic mass is 28.3. The van der Waals surface area contributed by atoms with Crippen molar-refractivity contribution in [3.63, 3.8) is 0 Å². The van der Waals surface area contributed by atoms with E-state index in [1.165, 1.54) is 24.8 Å². The molecule has 7 heteroatoms. The topological polar surface area (TPSA) is 59.1 Å². The van der Waals surface area contributed by atoms with Crippen LogP contribution in [0.2, 0.25) is 19.6 Å². The molecule has 5 aliphatic rings. The van der Waals surface area contributed by atoms with E-state index in [0.29, 0.717) is 6.54 Å². The van der Waals surface area contributed by atoms with Crippen molar-refractivity contribution < 1.29 is 19.1 Å². The van der Waals surface area contributed by atoms with Crippen molar-refractivity contribution in [2.24, 2.45) is 17.8 Å². The average molecular weight is 683 g/mol. The third kappa shape index (κ3) is 7.90. The van der Waals surface area contributed by atoms with Crippen molar-refractivity contribution in [1.29, 1.82) is 0 Å². The molecule has 2 aromatic rings. The summed E-state index contributed by atoms with van der Waals surface area (Å²) in [6.45, 7) is 15.2. The molecular formula is C42H58N2O4Si. The molecule has 264 valence electrons. The lowest BCUT2D eigenvalue weighted by Crippen LogP contribution is -2.61. The molecule has 1 heterocycles. The Morgan fingerprint density at radius 3 is 2.16 bits per heavy atom. The van der Waals surface area contributed by atoms with Gasteiger partial charge in [-0.2, -0.15) is 0 Å². The van der Waals surface area contributed by atoms with E-state index >= 15 is 0 Å². The lowest BCUT2D eigenvalue weighted by molar-refractivity contribution is -0.130. The van der Waals surface area contributed by atoms with Gasteiger partial charge in [0.15, 0.2) is 0 Å². The van der Waals surface area contributed by atoms with Gasteiger partial charge in [-0.1, -0.05) is 69.7 Å². The minimum atomic E-state index is -1.76. The molecule has 7 rings (SSSR count). The summed E-state index contributed by atoms with van der Waals surface area (Å²) in [6.07, 6.45) is 10.9. The summed E-state index contributed by atoms with van der Waals surface area (Å²) in [5.74, 6) is 6.01. The fourth-order valence-corrected chi connectivity index (χ4v) is 10.1. The van der Waals surface area contributed by atoms with Crippen LogP contribution in [0.15, 0.2) is 42.5 Å². The van der Waals surface area contributed by atoms with Gasteiger partial charge in [0.2, 0.25) is 0 Å². The molecule has 0 spiro atoms. The van der Waals surface area contributed by atoms with Crippen LogP contribution in [-0.4, -0.2) is 54.2 Å². The first-order chi connectivity index (χ1) is 23.2. The molecule has 2 aromatic carbocycles. The smallest absolute Gasteiger partial charge is 0.411 e. The average Bonchev–Trinajstić information content (AvgIpc) is 3.02. The summed E-state index contributed by atoms with van der Waals surface area (Å²) < 4.78 is 11.7. The van der Waals surface area contributed by atoms with Gasteiger partial charge in [0.05, 0.1) is 13.2 Å². The quantitative estimate of drug-likeness (QED) is 0.206. The summed E-state index contributed by atoms with van der Waals surface area (Å²) in [4.78, 5) is 32.3. The van der Waals surface area contributed by atoms with Crippen LogP contribution in [0.1, 0.15) is 114 Å². The second kappa shape index (κ2) is 13.8. The maximum absolute atomic E-state index is 14.1. The van der Waals surface area contributed by atoms with E-state index < -0.39 is 13.7 Å². The number of amides is 2. The molecular weight excluding hydrogens is 625 g/mol. The summed E-state index contributed by atoms with van der Waals surface area (Å²) in [5, 5.41) is 0. The zero-order chi connectivity index (χ0) is 35.1. The fraction of sp³-hybridized carbons (Fsp3) is 0.619. The zero-order valence-electron chi connectivity index (χ0n) is 31.2. The van der Waals surface area contributed by atoms with Gasteiger partial charge in [-0.25, -0.2) is 4.79 Å². The molecule has 4 aliphatic carbocycles. The van der Waals surface area contributed by atoms with Crippen LogP contribution in [0.25, 0.3) is 0 Å². The van der Waals surface area contributed by atoms with Gasteiger partial charge in [0, 0.05) is 18.1 Å². The number of unbranched alkanes of at least 4 members (excludes halogenated alkanes) is 1. The normalized spacial score (nSPS) is 27.2. The van der Waals surface area contributed by atoms with Crippen LogP contribution in [0, 0.1) is 29.2 Å². The van der Waals surface area contributed by atoms with Gasteiger partial charge in [0.1, 0.15) is 19.4 Å². The van der Waals surface area contributed by atoms with Crippen LogP contribution in [-0.2, 0) is 22.5 Å². The number of benzene rings is 2. The monoisotopic (exact) mass is 682 g/mol. The van der Waals surface area contributed by atoms with E-state index in [4.69, 9.17) is 9.47 Å². The number of ether oxygens (including phenoxy) is 2. The molecule has 0 unspecified atom stereocenters. The lowest BCUT2D eigenvalue weighted by atomic mass is 9.52. The highest BCUT2D eigenvalue weighted by molar-refractivity contribution is 6.84.